The Morgan fingerprint density at radius 2 is 2.00 bits per heavy atom. The topological polar surface area (TPSA) is 101 Å². The number of nitrogens with two attached hydrogens (primary N) is 2. The Labute approximate surface area is 123 Å². The lowest BCUT2D eigenvalue weighted by Gasteiger charge is -2.11. The summed E-state index contributed by atoms with van der Waals surface area (Å²) in [6.07, 6.45) is -0.566. The van der Waals surface area contributed by atoms with Crippen molar-refractivity contribution in [3.63, 3.8) is 0 Å². The van der Waals surface area contributed by atoms with E-state index in [1.54, 1.807) is 49.4 Å². The molecular weight excluding hydrogens is 266 g/mol. The number of aliphatic hydroxyl groups excluding tert-OH is 1. The van der Waals surface area contributed by atoms with Gasteiger partial charge in [-0.3, -0.25) is 4.79 Å². The Balaban J connectivity index is 2.04. The Bertz CT molecular complexity index is 654. The second-order valence-corrected chi connectivity index (χ2v) is 4.94. The van der Waals surface area contributed by atoms with Gasteiger partial charge in [-0.05, 0) is 42.3 Å². The summed E-state index contributed by atoms with van der Waals surface area (Å²) in [7, 11) is 0. The van der Waals surface area contributed by atoms with E-state index in [1.807, 2.05) is 0 Å². The summed E-state index contributed by atoms with van der Waals surface area (Å²) in [5.74, 6) is -0.207. The first-order valence-electron chi connectivity index (χ1n) is 6.67. The highest BCUT2D eigenvalue weighted by Crippen LogP contribution is 2.19. The SMILES string of the molecule is CC(O)c1ccc(CNC(=O)c2cccc(N)c2)c(N)c1. The molecule has 5 nitrogen and oxygen atoms in total. The van der Waals surface area contributed by atoms with Crippen LogP contribution in [0.5, 0.6) is 0 Å². The van der Waals surface area contributed by atoms with E-state index in [4.69, 9.17) is 11.5 Å². The molecule has 0 aliphatic heterocycles. The van der Waals surface area contributed by atoms with Crippen molar-refractivity contribution in [3.05, 3.63) is 59.2 Å². The first-order chi connectivity index (χ1) is 9.97. The average molecular weight is 285 g/mol. The summed E-state index contributed by atoms with van der Waals surface area (Å²) >= 11 is 0. The predicted octanol–water partition coefficient (Wildman–Crippen LogP) is 1.83. The average Bonchev–Trinajstić information content (AvgIpc) is 2.45. The number of nitrogens with one attached hydrogen (secondary N) is 1. The van der Waals surface area contributed by atoms with E-state index in [1.165, 1.54) is 0 Å². The minimum absolute atomic E-state index is 0.207. The van der Waals surface area contributed by atoms with E-state index in [0.29, 0.717) is 23.5 Å². The molecule has 0 spiro atoms. The molecule has 0 aliphatic carbocycles. The van der Waals surface area contributed by atoms with Gasteiger partial charge in [0.1, 0.15) is 0 Å². The van der Waals surface area contributed by atoms with Crippen LogP contribution in [0.3, 0.4) is 0 Å². The Morgan fingerprint density at radius 3 is 2.62 bits per heavy atom. The third-order valence-corrected chi connectivity index (χ3v) is 3.24. The molecule has 0 bridgehead atoms. The van der Waals surface area contributed by atoms with Crippen molar-refractivity contribution in [2.24, 2.45) is 0 Å². The fourth-order valence-electron chi connectivity index (χ4n) is 1.99. The summed E-state index contributed by atoms with van der Waals surface area (Å²) in [5, 5.41) is 12.3. The number of nitrogen functional groups attached to an aromatic ring is 2. The molecule has 1 unspecified atom stereocenters. The molecule has 110 valence electrons. The lowest BCUT2D eigenvalue weighted by Crippen LogP contribution is -2.23. The molecule has 0 heterocycles. The van der Waals surface area contributed by atoms with Crippen LogP contribution < -0.4 is 16.8 Å². The largest absolute Gasteiger partial charge is 0.399 e. The number of hydrogen-bond acceptors (Lipinski definition) is 4. The van der Waals surface area contributed by atoms with Gasteiger partial charge in [-0.15, -0.1) is 0 Å². The molecule has 2 aromatic carbocycles. The molecular formula is C16H19N3O2. The molecule has 1 amide bonds. The molecule has 2 aromatic rings. The molecule has 5 heteroatoms. The van der Waals surface area contributed by atoms with Gasteiger partial charge in [-0.1, -0.05) is 18.2 Å². The Morgan fingerprint density at radius 1 is 1.24 bits per heavy atom. The van der Waals surface area contributed by atoms with E-state index in [9.17, 15) is 9.90 Å². The summed E-state index contributed by atoms with van der Waals surface area (Å²) < 4.78 is 0. The van der Waals surface area contributed by atoms with E-state index < -0.39 is 6.10 Å². The number of carbonyl (C=O) groups is 1. The van der Waals surface area contributed by atoms with Crippen molar-refractivity contribution in [1.82, 2.24) is 5.32 Å². The third-order valence-electron chi connectivity index (χ3n) is 3.24. The molecule has 6 N–H and O–H groups in total. The molecule has 1 atom stereocenters. The fraction of sp³-hybridized carbons (Fsp3) is 0.188. The minimum atomic E-state index is -0.566. The third kappa shape index (κ3) is 3.73. The van der Waals surface area contributed by atoms with Gasteiger partial charge < -0.3 is 21.9 Å². The smallest absolute Gasteiger partial charge is 0.251 e. The van der Waals surface area contributed by atoms with Crippen LogP contribution in [0, 0.1) is 0 Å². The standard InChI is InChI=1S/C16H19N3O2/c1-10(20)11-5-6-13(15(18)8-11)9-19-16(21)12-3-2-4-14(17)7-12/h2-8,10,20H,9,17-18H2,1H3,(H,19,21). The van der Waals surface area contributed by atoms with Crippen LogP contribution in [-0.4, -0.2) is 11.0 Å². The van der Waals surface area contributed by atoms with Crippen molar-refractivity contribution >= 4 is 17.3 Å². The Hall–Kier alpha value is -2.53. The molecule has 21 heavy (non-hydrogen) atoms. The van der Waals surface area contributed by atoms with Crippen LogP contribution in [0.1, 0.15) is 34.5 Å². The molecule has 0 aromatic heterocycles. The minimum Gasteiger partial charge on any atom is -0.399 e. The van der Waals surface area contributed by atoms with Crippen LogP contribution in [0.4, 0.5) is 11.4 Å². The number of carbonyl (C=O) groups excluding carboxylic acids is 1. The molecule has 0 aliphatic rings. The van der Waals surface area contributed by atoms with Gasteiger partial charge in [0.05, 0.1) is 6.10 Å². The summed E-state index contributed by atoms with van der Waals surface area (Å²) in [5.41, 5.74) is 14.7. The second kappa shape index (κ2) is 6.28. The van der Waals surface area contributed by atoms with Crippen molar-refractivity contribution in [3.8, 4) is 0 Å². The molecule has 2 rings (SSSR count). The highest BCUT2D eigenvalue weighted by molar-refractivity contribution is 5.95. The zero-order chi connectivity index (χ0) is 15.4. The number of anilines is 2. The van der Waals surface area contributed by atoms with Crippen molar-refractivity contribution in [1.29, 1.82) is 0 Å². The van der Waals surface area contributed by atoms with Gasteiger partial charge in [0, 0.05) is 23.5 Å². The van der Waals surface area contributed by atoms with Crippen LogP contribution in [0.15, 0.2) is 42.5 Å². The van der Waals surface area contributed by atoms with Crippen LogP contribution in [-0.2, 0) is 6.54 Å². The summed E-state index contributed by atoms with van der Waals surface area (Å²) in [6.45, 7) is 2.00. The zero-order valence-electron chi connectivity index (χ0n) is 11.8. The first-order valence-corrected chi connectivity index (χ1v) is 6.67. The number of aliphatic hydroxyl groups is 1. The van der Waals surface area contributed by atoms with E-state index in [-0.39, 0.29) is 5.91 Å². The van der Waals surface area contributed by atoms with Gasteiger partial charge >= 0.3 is 0 Å². The monoisotopic (exact) mass is 285 g/mol. The van der Waals surface area contributed by atoms with Crippen LogP contribution in [0.2, 0.25) is 0 Å². The molecule has 0 fully saturated rings. The van der Waals surface area contributed by atoms with Gasteiger partial charge in [-0.25, -0.2) is 0 Å². The maximum Gasteiger partial charge on any atom is 0.251 e. The number of amides is 1. The van der Waals surface area contributed by atoms with Crippen molar-refractivity contribution < 1.29 is 9.90 Å². The summed E-state index contributed by atoms with van der Waals surface area (Å²) in [4.78, 5) is 12.0. The van der Waals surface area contributed by atoms with Gasteiger partial charge in [0.2, 0.25) is 0 Å². The highest BCUT2D eigenvalue weighted by Gasteiger charge is 2.08. The number of hydrogen-bond donors (Lipinski definition) is 4. The normalized spacial score (nSPS) is 11.9. The van der Waals surface area contributed by atoms with Gasteiger partial charge in [0.25, 0.3) is 5.91 Å². The molecule has 0 saturated carbocycles. The molecule has 0 radical (unpaired) electrons. The predicted molar refractivity (Wildman–Crippen MR) is 83.5 cm³/mol. The first kappa shape index (κ1) is 14.9. The number of benzene rings is 2. The maximum atomic E-state index is 12.0. The van der Waals surface area contributed by atoms with Crippen LogP contribution >= 0.6 is 0 Å². The van der Waals surface area contributed by atoms with Gasteiger partial charge in [-0.2, -0.15) is 0 Å². The lowest BCUT2D eigenvalue weighted by molar-refractivity contribution is 0.0951. The second-order valence-electron chi connectivity index (χ2n) is 4.94. The van der Waals surface area contributed by atoms with Crippen LogP contribution in [0.25, 0.3) is 0 Å². The number of rotatable bonds is 4. The molecule has 0 saturated heterocycles. The van der Waals surface area contributed by atoms with E-state index >= 15 is 0 Å². The highest BCUT2D eigenvalue weighted by atomic mass is 16.3. The van der Waals surface area contributed by atoms with Crippen molar-refractivity contribution in [2.75, 3.05) is 11.5 Å². The fourth-order valence-corrected chi connectivity index (χ4v) is 1.99. The van der Waals surface area contributed by atoms with E-state index in [0.717, 1.165) is 11.1 Å². The zero-order valence-corrected chi connectivity index (χ0v) is 11.8. The quantitative estimate of drug-likeness (QED) is 0.644. The maximum absolute atomic E-state index is 12.0. The summed E-state index contributed by atoms with van der Waals surface area (Å²) in [6, 6.07) is 12.1. The van der Waals surface area contributed by atoms with Gasteiger partial charge in [0.15, 0.2) is 0 Å². The Kier molecular flexibility index (Phi) is 4.45. The van der Waals surface area contributed by atoms with Crippen molar-refractivity contribution in [2.45, 2.75) is 19.6 Å². The lowest BCUT2D eigenvalue weighted by atomic mass is 10.1. The van der Waals surface area contributed by atoms with E-state index in [2.05, 4.69) is 5.32 Å².